The van der Waals surface area contributed by atoms with Gasteiger partial charge in [0.05, 0.1) is 5.69 Å². The van der Waals surface area contributed by atoms with E-state index in [1.807, 2.05) is 31.2 Å². The highest BCUT2D eigenvalue weighted by atomic mass is 19.1. The zero-order valence-corrected chi connectivity index (χ0v) is 9.78. The highest BCUT2D eigenvalue weighted by Gasteiger charge is 2.06. The first kappa shape index (κ1) is 11.7. The molecule has 1 aromatic heterocycles. The van der Waals surface area contributed by atoms with Gasteiger partial charge in [-0.25, -0.2) is 4.39 Å². The lowest BCUT2D eigenvalue weighted by Crippen LogP contribution is -2.11. The summed E-state index contributed by atoms with van der Waals surface area (Å²) in [5, 5.41) is 3.22. The van der Waals surface area contributed by atoms with E-state index in [9.17, 15) is 4.39 Å². The van der Waals surface area contributed by atoms with Crippen molar-refractivity contribution in [1.82, 2.24) is 10.3 Å². The van der Waals surface area contributed by atoms with Crippen LogP contribution in [0.25, 0.3) is 11.3 Å². The quantitative estimate of drug-likeness (QED) is 0.873. The first-order chi connectivity index (χ1) is 8.31. The number of rotatable bonds is 4. The summed E-state index contributed by atoms with van der Waals surface area (Å²) in [5.41, 5.74) is 2.29. The maximum atomic E-state index is 13.7. The van der Waals surface area contributed by atoms with Crippen molar-refractivity contribution in [2.24, 2.45) is 0 Å². The summed E-state index contributed by atoms with van der Waals surface area (Å²) in [6.07, 6.45) is 1.67. The van der Waals surface area contributed by atoms with E-state index in [0.29, 0.717) is 11.3 Å². The number of benzene rings is 1. The van der Waals surface area contributed by atoms with Gasteiger partial charge < -0.3 is 5.32 Å². The number of halogens is 1. The summed E-state index contributed by atoms with van der Waals surface area (Å²) in [7, 11) is 0. The lowest BCUT2D eigenvalue weighted by molar-refractivity contribution is 0.628. The fraction of sp³-hybridized carbons (Fsp3) is 0.214. The highest BCUT2D eigenvalue weighted by molar-refractivity contribution is 5.60. The monoisotopic (exact) mass is 230 g/mol. The molecular weight excluding hydrogens is 215 g/mol. The molecule has 3 heteroatoms. The molecular formula is C14H15FN2. The van der Waals surface area contributed by atoms with Crippen LogP contribution in [0, 0.1) is 5.82 Å². The molecule has 0 unspecified atom stereocenters. The van der Waals surface area contributed by atoms with E-state index < -0.39 is 0 Å². The molecule has 1 aromatic carbocycles. The van der Waals surface area contributed by atoms with Gasteiger partial charge in [-0.3, -0.25) is 4.98 Å². The minimum Gasteiger partial charge on any atom is -0.313 e. The number of nitrogens with one attached hydrogen (secondary N) is 1. The van der Waals surface area contributed by atoms with Gasteiger partial charge in [0, 0.05) is 18.3 Å². The molecule has 0 spiro atoms. The van der Waals surface area contributed by atoms with Gasteiger partial charge in [0.25, 0.3) is 0 Å². The van der Waals surface area contributed by atoms with Crippen molar-refractivity contribution in [2.45, 2.75) is 13.5 Å². The second kappa shape index (κ2) is 5.55. The van der Waals surface area contributed by atoms with E-state index in [2.05, 4.69) is 10.3 Å². The predicted molar refractivity (Wildman–Crippen MR) is 67.0 cm³/mol. The van der Waals surface area contributed by atoms with Crippen LogP contribution in [0.1, 0.15) is 12.5 Å². The Balaban J connectivity index is 2.33. The molecule has 0 aliphatic heterocycles. The Bertz CT molecular complexity index is 483. The maximum absolute atomic E-state index is 13.7. The minimum atomic E-state index is -0.232. The molecule has 0 aliphatic rings. The molecule has 17 heavy (non-hydrogen) atoms. The zero-order valence-electron chi connectivity index (χ0n) is 9.78. The second-order valence-electron chi connectivity index (χ2n) is 3.81. The van der Waals surface area contributed by atoms with Gasteiger partial charge in [-0.15, -0.1) is 0 Å². The fourth-order valence-corrected chi connectivity index (χ4v) is 1.67. The Morgan fingerprint density at radius 1 is 1.24 bits per heavy atom. The molecule has 0 fully saturated rings. The number of pyridine rings is 1. The molecule has 0 saturated heterocycles. The summed E-state index contributed by atoms with van der Waals surface area (Å²) in [6.45, 7) is 3.69. The highest BCUT2D eigenvalue weighted by Crippen LogP contribution is 2.21. The topological polar surface area (TPSA) is 24.9 Å². The van der Waals surface area contributed by atoms with Crippen molar-refractivity contribution in [3.05, 3.63) is 54.0 Å². The summed E-state index contributed by atoms with van der Waals surface area (Å²) in [6, 6.07) is 10.6. The Morgan fingerprint density at radius 3 is 2.82 bits per heavy atom. The van der Waals surface area contributed by atoms with E-state index >= 15 is 0 Å². The standard InChI is InChI=1S/C14H15FN2/c1-2-16-10-11-6-7-13(15)12(9-11)14-5-3-4-8-17-14/h3-9,16H,2,10H2,1H3. The predicted octanol–water partition coefficient (Wildman–Crippen LogP) is 3.00. The molecule has 0 radical (unpaired) electrons. The van der Waals surface area contributed by atoms with Crippen LogP contribution in [-0.2, 0) is 6.54 Å². The molecule has 88 valence electrons. The Hall–Kier alpha value is -1.74. The molecule has 2 aromatic rings. The van der Waals surface area contributed by atoms with E-state index in [0.717, 1.165) is 18.7 Å². The van der Waals surface area contributed by atoms with Crippen molar-refractivity contribution < 1.29 is 4.39 Å². The average Bonchev–Trinajstić information content (AvgIpc) is 2.39. The Morgan fingerprint density at radius 2 is 2.12 bits per heavy atom. The van der Waals surface area contributed by atoms with Crippen LogP contribution in [0.4, 0.5) is 4.39 Å². The van der Waals surface area contributed by atoms with Gasteiger partial charge in [0.15, 0.2) is 0 Å². The number of aromatic nitrogens is 1. The van der Waals surface area contributed by atoms with Gasteiger partial charge in [0.2, 0.25) is 0 Å². The molecule has 0 aliphatic carbocycles. The SMILES string of the molecule is CCNCc1ccc(F)c(-c2ccccn2)c1. The molecule has 1 heterocycles. The lowest BCUT2D eigenvalue weighted by Gasteiger charge is -2.06. The fourth-order valence-electron chi connectivity index (χ4n) is 1.67. The lowest BCUT2D eigenvalue weighted by atomic mass is 10.1. The van der Waals surface area contributed by atoms with Gasteiger partial charge in [-0.1, -0.05) is 19.1 Å². The van der Waals surface area contributed by atoms with E-state index in [1.54, 1.807) is 12.3 Å². The van der Waals surface area contributed by atoms with Crippen molar-refractivity contribution in [3.63, 3.8) is 0 Å². The van der Waals surface area contributed by atoms with Crippen molar-refractivity contribution in [1.29, 1.82) is 0 Å². The van der Waals surface area contributed by atoms with E-state index in [4.69, 9.17) is 0 Å². The van der Waals surface area contributed by atoms with Crippen molar-refractivity contribution >= 4 is 0 Å². The average molecular weight is 230 g/mol. The maximum Gasteiger partial charge on any atom is 0.132 e. The number of hydrogen-bond donors (Lipinski definition) is 1. The van der Waals surface area contributed by atoms with Crippen LogP contribution in [0.5, 0.6) is 0 Å². The molecule has 1 N–H and O–H groups in total. The largest absolute Gasteiger partial charge is 0.313 e. The second-order valence-corrected chi connectivity index (χ2v) is 3.81. The third-order valence-corrected chi connectivity index (χ3v) is 2.55. The van der Waals surface area contributed by atoms with Crippen molar-refractivity contribution in [2.75, 3.05) is 6.54 Å². The van der Waals surface area contributed by atoms with Crippen LogP contribution in [0.15, 0.2) is 42.6 Å². The molecule has 0 bridgehead atoms. The van der Waals surface area contributed by atoms with Crippen LogP contribution in [0.3, 0.4) is 0 Å². The van der Waals surface area contributed by atoms with Crippen molar-refractivity contribution in [3.8, 4) is 11.3 Å². The molecule has 2 rings (SSSR count). The Kier molecular flexibility index (Phi) is 3.83. The molecule has 0 atom stereocenters. The third-order valence-electron chi connectivity index (χ3n) is 2.55. The molecule has 0 saturated carbocycles. The van der Waals surface area contributed by atoms with Crippen LogP contribution < -0.4 is 5.32 Å². The van der Waals surface area contributed by atoms with E-state index in [1.165, 1.54) is 6.07 Å². The Labute approximate surface area is 101 Å². The first-order valence-electron chi connectivity index (χ1n) is 5.72. The van der Waals surface area contributed by atoms with Crippen LogP contribution in [0.2, 0.25) is 0 Å². The van der Waals surface area contributed by atoms with E-state index in [-0.39, 0.29) is 5.82 Å². The number of hydrogen-bond acceptors (Lipinski definition) is 2. The summed E-state index contributed by atoms with van der Waals surface area (Å²) < 4.78 is 13.7. The first-order valence-corrected chi connectivity index (χ1v) is 5.72. The summed E-state index contributed by atoms with van der Waals surface area (Å²) in [5.74, 6) is -0.232. The normalized spacial score (nSPS) is 10.5. The van der Waals surface area contributed by atoms with Gasteiger partial charge in [0.1, 0.15) is 5.82 Å². The van der Waals surface area contributed by atoms with Gasteiger partial charge in [-0.2, -0.15) is 0 Å². The number of nitrogens with zero attached hydrogens (tertiary/aromatic N) is 1. The van der Waals surface area contributed by atoms with Gasteiger partial charge in [-0.05, 0) is 36.4 Å². The summed E-state index contributed by atoms with van der Waals surface area (Å²) >= 11 is 0. The van der Waals surface area contributed by atoms with Gasteiger partial charge >= 0.3 is 0 Å². The molecule has 0 amide bonds. The zero-order chi connectivity index (χ0) is 12.1. The van der Waals surface area contributed by atoms with Crippen LogP contribution >= 0.6 is 0 Å². The smallest absolute Gasteiger partial charge is 0.132 e. The minimum absolute atomic E-state index is 0.232. The third kappa shape index (κ3) is 2.88. The van der Waals surface area contributed by atoms with Crippen LogP contribution in [-0.4, -0.2) is 11.5 Å². The summed E-state index contributed by atoms with van der Waals surface area (Å²) in [4.78, 5) is 4.17. The molecule has 2 nitrogen and oxygen atoms in total.